The normalized spacial score (nSPS) is 20.6. The van der Waals surface area contributed by atoms with E-state index in [1.807, 2.05) is 29.8 Å². The van der Waals surface area contributed by atoms with Crippen molar-refractivity contribution in [3.8, 4) is 0 Å². The van der Waals surface area contributed by atoms with Crippen molar-refractivity contribution in [3.05, 3.63) is 0 Å². The molecular formula is C11H20N2O3S3. The Bertz CT molecular complexity index is 299. The maximum Gasteiger partial charge on any atom is 0.326 e. The molecule has 0 aromatic rings. The lowest BCUT2D eigenvalue weighted by Crippen LogP contribution is -2.48. The number of nitrogens with one attached hydrogen (secondary N) is 2. The Balaban J connectivity index is 2.25. The molecule has 1 rings (SSSR count). The minimum absolute atomic E-state index is 0.385. The quantitative estimate of drug-likeness (QED) is 0.656. The molecule has 0 aliphatic carbocycles. The van der Waals surface area contributed by atoms with Crippen molar-refractivity contribution < 1.29 is 14.7 Å². The summed E-state index contributed by atoms with van der Waals surface area (Å²) in [4.78, 5) is 22.6. The summed E-state index contributed by atoms with van der Waals surface area (Å²) in [5, 5.41) is 14.7. The lowest BCUT2D eigenvalue weighted by atomic mass is 10.2. The van der Waals surface area contributed by atoms with Gasteiger partial charge in [-0.15, -0.1) is 0 Å². The van der Waals surface area contributed by atoms with Crippen molar-refractivity contribution >= 4 is 47.3 Å². The predicted molar refractivity (Wildman–Crippen MR) is 84.5 cm³/mol. The van der Waals surface area contributed by atoms with Crippen LogP contribution < -0.4 is 10.6 Å². The van der Waals surface area contributed by atoms with E-state index in [0.29, 0.717) is 24.0 Å². The van der Waals surface area contributed by atoms with Crippen LogP contribution in [0.5, 0.6) is 0 Å². The van der Waals surface area contributed by atoms with Gasteiger partial charge >= 0.3 is 12.0 Å². The van der Waals surface area contributed by atoms with Gasteiger partial charge in [-0.25, -0.2) is 9.59 Å². The molecule has 0 spiro atoms. The first-order chi connectivity index (χ1) is 9.13. The molecule has 0 aromatic carbocycles. The van der Waals surface area contributed by atoms with Crippen LogP contribution in [0.1, 0.15) is 6.42 Å². The standard InChI is InChI=1S/C11H20N2O3S3/c1-17-3-2-9(10(14)15)13-11(16)12-6-8-7-18-4-5-19-8/h8-9H,2-7H2,1H3,(H,14,15)(H2,12,13,16)/t8?,9-/m1/s1. The highest BCUT2D eigenvalue weighted by molar-refractivity contribution is 8.06. The molecule has 1 aliphatic rings. The number of hydrogen-bond acceptors (Lipinski definition) is 5. The van der Waals surface area contributed by atoms with Crippen molar-refractivity contribution in [1.82, 2.24) is 10.6 Å². The van der Waals surface area contributed by atoms with E-state index in [1.165, 1.54) is 5.75 Å². The summed E-state index contributed by atoms with van der Waals surface area (Å²) in [5.41, 5.74) is 0. The Morgan fingerprint density at radius 2 is 2.26 bits per heavy atom. The van der Waals surface area contributed by atoms with Crippen molar-refractivity contribution in [1.29, 1.82) is 0 Å². The number of carboxylic acid groups (broad SMARTS) is 1. The lowest BCUT2D eigenvalue weighted by molar-refractivity contribution is -0.139. The van der Waals surface area contributed by atoms with Crippen LogP contribution in [-0.2, 0) is 4.79 Å². The first-order valence-electron chi connectivity index (χ1n) is 6.09. The summed E-state index contributed by atoms with van der Waals surface area (Å²) in [7, 11) is 0. The number of carbonyl (C=O) groups is 2. The molecule has 0 radical (unpaired) electrons. The maximum atomic E-state index is 11.7. The summed E-state index contributed by atoms with van der Waals surface area (Å²) in [5.74, 6) is 3.06. The van der Waals surface area contributed by atoms with Gasteiger partial charge in [0.1, 0.15) is 6.04 Å². The summed E-state index contributed by atoms with van der Waals surface area (Å²) < 4.78 is 0. The SMILES string of the molecule is CSCC[C@@H](NC(=O)NCC1CSCCS1)C(=O)O. The molecule has 0 bridgehead atoms. The Morgan fingerprint density at radius 3 is 2.84 bits per heavy atom. The Labute approximate surface area is 126 Å². The fourth-order valence-electron chi connectivity index (χ4n) is 1.56. The third-order valence-corrected chi connectivity index (χ3v) is 6.08. The maximum absolute atomic E-state index is 11.7. The Morgan fingerprint density at radius 1 is 1.47 bits per heavy atom. The first kappa shape index (κ1) is 16.8. The molecule has 0 aromatic heterocycles. The highest BCUT2D eigenvalue weighted by Gasteiger charge is 2.20. The zero-order valence-corrected chi connectivity index (χ0v) is 13.3. The van der Waals surface area contributed by atoms with Gasteiger partial charge in [-0.2, -0.15) is 35.3 Å². The van der Waals surface area contributed by atoms with Crippen LogP contribution in [0, 0.1) is 0 Å². The molecule has 5 nitrogen and oxygen atoms in total. The van der Waals surface area contributed by atoms with Crippen LogP contribution in [0.4, 0.5) is 4.79 Å². The largest absolute Gasteiger partial charge is 0.480 e. The second-order valence-corrected chi connectivity index (χ2v) is 7.64. The molecule has 1 heterocycles. The van der Waals surface area contributed by atoms with Gasteiger partial charge in [0.15, 0.2) is 0 Å². The van der Waals surface area contributed by atoms with E-state index in [-0.39, 0.29) is 6.03 Å². The summed E-state index contributed by atoms with van der Waals surface area (Å²) in [6.07, 6.45) is 2.36. The highest BCUT2D eigenvalue weighted by Crippen LogP contribution is 2.23. The zero-order chi connectivity index (χ0) is 14.1. The van der Waals surface area contributed by atoms with Gasteiger partial charge in [0.25, 0.3) is 0 Å². The average Bonchev–Trinajstić information content (AvgIpc) is 2.42. The number of carboxylic acids is 1. The van der Waals surface area contributed by atoms with Gasteiger partial charge in [-0.05, 0) is 18.4 Å². The van der Waals surface area contributed by atoms with Gasteiger partial charge in [0.2, 0.25) is 0 Å². The number of rotatable bonds is 7. The summed E-state index contributed by atoms with van der Waals surface area (Å²) >= 11 is 5.33. The average molecular weight is 324 g/mol. The topological polar surface area (TPSA) is 78.4 Å². The van der Waals surface area contributed by atoms with Crippen LogP contribution in [0.15, 0.2) is 0 Å². The molecule has 1 aliphatic heterocycles. The summed E-state index contributed by atoms with van der Waals surface area (Å²) in [6.45, 7) is 0.596. The van der Waals surface area contributed by atoms with Gasteiger partial charge in [-0.1, -0.05) is 0 Å². The third kappa shape index (κ3) is 7.22. The summed E-state index contributed by atoms with van der Waals surface area (Å²) in [6, 6.07) is -1.19. The molecular weight excluding hydrogens is 304 g/mol. The van der Waals surface area contributed by atoms with Gasteiger partial charge in [0, 0.05) is 29.1 Å². The van der Waals surface area contributed by atoms with E-state index in [1.54, 1.807) is 11.8 Å². The minimum Gasteiger partial charge on any atom is -0.480 e. The van der Waals surface area contributed by atoms with Crippen LogP contribution in [0.2, 0.25) is 0 Å². The monoisotopic (exact) mass is 324 g/mol. The number of carbonyl (C=O) groups excluding carboxylic acids is 1. The molecule has 110 valence electrons. The van der Waals surface area contributed by atoms with E-state index in [2.05, 4.69) is 10.6 Å². The molecule has 0 saturated carbocycles. The van der Waals surface area contributed by atoms with E-state index < -0.39 is 12.0 Å². The van der Waals surface area contributed by atoms with Crippen molar-refractivity contribution in [2.45, 2.75) is 17.7 Å². The molecule has 1 saturated heterocycles. The van der Waals surface area contributed by atoms with Crippen molar-refractivity contribution in [2.24, 2.45) is 0 Å². The van der Waals surface area contributed by atoms with Crippen molar-refractivity contribution in [3.63, 3.8) is 0 Å². The highest BCUT2D eigenvalue weighted by atomic mass is 32.2. The predicted octanol–water partition coefficient (Wildman–Crippen LogP) is 1.34. The van der Waals surface area contributed by atoms with Crippen LogP contribution in [0.25, 0.3) is 0 Å². The van der Waals surface area contributed by atoms with E-state index in [0.717, 1.165) is 11.5 Å². The van der Waals surface area contributed by atoms with E-state index in [4.69, 9.17) is 5.11 Å². The fourth-order valence-corrected chi connectivity index (χ4v) is 4.65. The first-order valence-corrected chi connectivity index (χ1v) is 9.68. The molecule has 1 unspecified atom stereocenters. The molecule has 19 heavy (non-hydrogen) atoms. The van der Waals surface area contributed by atoms with Crippen LogP contribution in [0.3, 0.4) is 0 Å². The van der Waals surface area contributed by atoms with Crippen LogP contribution in [-0.4, -0.2) is 64.2 Å². The number of urea groups is 1. The zero-order valence-electron chi connectivity index (χ0n) is 10.9. The van der Waals surface area contributed by atoms with E-state index in [9.17, 15) is 9.59 Å². The molecule has 1 fully saturated rings. The molecule has 2 amide bonds. The molecule has 2 atom stereocenters. The lowest BCUT2D eigenvalue weighted by Gasteiger charge is -2.22. The molecule has 3 N–H and O–H groups in total. The fraction of sp³-hybridized carbons (Fsp3) is 0.818. The van der Waals surface area contributed by atoms with Crippen molar-refractivity contribution in [2.75, 3.05) is 35.8 Å². The van der Waals surface area contributed by atoms with Gasteiger partial charge in [0.05, 0.1) is 0 Å². The van der Waals surface area contributed by atoms with Crippen LogP contribution >= 0.6 is 35.3 Å². The van der Waals surface area contributed by atoms with E-state index >= 15 is 0 Å². The van der Waals surface area contributed by atoms with Gasteiger partial charge in [-0.3, -0.25) is 0 Å². The minimum atomic E-state index is -0.980. The number of thioether (sulfide) groups is 3. The molecule has 8 heteroatoms. The second kappa shape index (κ2) is 9.66. The second-order valence-electron chi connectivity index (χ2n) is 4.09. The Hall–Kier alpha value is -0.210. The smallest absolute Gasteiger partial charge is 0.326 e. The number of amides is 2. The Kier molecular flexibility index (Phi) is 8.56. The number of hydrogen-bond donors (Lipinski definition) is 3. The van der Waals surface area contributed by atoms with Gasteiger partial charge < -0.3 is 15.7 Å². The third-order valence-electron chi connectivity index (χ3n) is 2.59. The number of aliphatic carboxylic acids is 1.